The third-order valence-electron chi connectivity index (χ3n) is 3.84. The lowest BCUT2D eigenvalue weighted by Crippen LogP contribution is -2.40. The number of aromatic nitrogens is 2. The number of rotatable bonds is 6. The minimum absolute atomic E-state index is 0. The van der Waals surface area contributed by atoms with Gasteiger partial charge in [-0.3, -0.25) is 0 Å². The predicted molar refractivity (Wildman–Crippen MR) is 85.2 cm³/mol. The highest BCUT2D eigenvalue weighted by Gasteiger charge is 2.30. The van der Waals surface area contributed by atoms with Crippen LogP contribution in [0.2, 0.25) is 0 Å². The van der Waals surface area contributed by atoms with Gasteiger partial charge in [-0.05, 0) is 38.8 Å². The zero-order chi connectivity index (χ0) is 14.6. The van der Waals surface area contributed by atoms with Crippen LogP contribution >= 0.6 is 12.4 Å². The fraction of sp³-hybridized carbons (Fsp3) is 0.769. The molecule has 2 rings (SSSR count). The Morgan fingerprint density at radius 3 is 2.52 bits per heavy atom. The molecule has 21 heavy (non-hydrogen) atoms. The zero-order valence-electron chi connectivity index (χ0n) is 12.7. The van der Waals surface area contributed by atoms with E-state index in [1.807, 2.05) is 6.92 Å². The van der Waals surface area contributed by atoms with E-state index in [4.69, 9.17) is 0 Å². The largest absolute Gasteiger partial charge is 0.336 e. The van der Waals surface area contributed by atoms with Gasteiger partial charge in [-0.15, -0.1) is 12.4 Å². The van der Waals surface area contributed by atoms with Crippen molar-refractivity contribution in [2.24, 2.45) is 5.92 Å². The zero-order valence-corrected chi connectivity index (χ0v) is 14.3. The van der Waals surface area contributed by atoms with E-state index in [1.54, 1.807) is 21.4 Å². The molecular weight excluding hydrogens is 312 g/mol. The Kier molecular flexibility index (Phi) is 7.12. The van der Waals surface area contributed by atoms with Gasteiger partial charge in [0.15, 0.2) is 5.03 Å². The first-order valence-electron chi connectivity index (χ1n) is 7.30. The second-order valence-corrected chi connectivity index (χ2v) is 7.08. The van der Waals surface area contributed by atoms with Crippen LogP contribution in [-0.2, 0) is 16.6 Å². The minimum atomic E-state index is -3.41. The number of piperidine rings is 1. The van der Waals surface area contributed by atoms with Crippen molar-refractivity contribution in [3.8, 4) is 0 Å². The van der Waals surface area contributed by atoms with E-state index in [1.165, 1.54) is 0 Å². The van der Waals surface area contributed by atoms with Gasteiger partial charge in [0, 0.05) is 25.8 Å². The molecule has 122 valence electrons. The average molecular weight is 337 g/mol. The summed E-state index contributed by atoms with van der Waals surface area (Å²) in [7, 11) is -3.41. The fourth-order valence-electron chi connectivity index (χ4n) is 2.48. The van der Waals surface area contributed by atoms with Crippen molar-refractivity contribution in [2.75, 3.05) is 26.2 Å². The number of hydrogen-bond acceptors (Lipinski definition) is 4. The van der Waals surface area contributed by atoms with Gasteiger partial charge < -0.3 is 9.88 Å². The van der Waals surface area contributed by atoms with Crippen molar-refractivity contribution in [3.63, 3.8) is 0 Å². The predicted octanol–water partition coefficient (Wildman–Crippen LogP) is 1.33. The lowest BCUT2D eigenvalue weighted by molar-refractivity contribution is 0.268. The Morgan fingerprint density at radius 2 is 2.00 bits per heavy atom. The summed E-state index contributed by atoms with van der Waals surface area (Å²) in [6, 6.07) is 0. The summed E-state index contributed by atoms with van der Waals surface area (Å²) in [5.41, 5.74) is 0. The van der Waals surface area contributed by atoms with Crippen LogP contribution < -0.4 is 5.32 Å². The summed E-state index contributed by atoms with van der Waals surface area (Å²) in [6.07, 6.45) is 5.02. The number of imidazole rings is 1. The highest BCUT2D eigenvalue weighted by atomic mass is 35.5. The quantitative estimate of drug-likeness (QED) is 0.851. The topological polar surface area (TPSA) is 67.2 Å². The summed E-state index contributed by atoms with van der Waals surface area (Å²) in [4.78, 5) is 4.02. The first kappa shape index (κ1) is 18.4. The molecule has 0 unspecified atom stereocenters. The molecule has 1 N–H and O–H groups in total. The second-order valence-electron chi connectivity index (χ2n) is 5.20. The van der Waals surface area contributed by atoms with Crippen LogP contribution in [0, 0.1) is 5.92 Å². The number of hydrogen-bond donors (Lipinski definition) is 1. The van der Waals surface area contributed by atoms with Gasteiger partial charge in [-0.1, -0.05) is 6.92 Å². The molecular formula is C13H25ClN4O2S. The highest BCUT2D eigenvalue weighted by molar-refractivity contribution is 7.89. The van der Waals surface area contributed by atoms with E-state index < -0.39 is 10.0 Å². The lowest BCUT2D eigenvalue weighted by Gasteiger charge is -2.30. The molecule has 1 aromatic heterocycles. The molecule has 0 aromatic carbocycles. The average Bonchev–Trinajstić information content (AvgIpc) is 2.95. The summed E-state index contributed by atoms with van der Waals surface area (Å²) < 4.78 is 28.3. The molecule has 0 bridgehead atoms. The number of aryl methyl sites for hydroxylation is 1. The van der Waals surface area contributed by atoms with Crippen LogP contribution in [0.5, 0.6) is 0 Å². The van der Waals surface area contributed by atoms with Crippen molar-refractivity contribution < 1.29 is 8.42 Å². The van der Waals surface area contributed by atoms with Crippen molar-refractivity contribution in [1.29, 1.82) is 0 Å². The Balaban J connectivity index is 0.00000220. The van der Waals surface area contributed by atoms with E-state index in [2.05, 4.69) is 17.2 Å². The second kappa shape index (κ2) is 8.12. The van der Waals surface area contributed by atoms with Gasteiger partial charge >= 0.3 is 0 Å². The van der Waals surface area contributed by atoms with Crippen molar-refractivity contribution in [2.45, 2.75) is 38.3 Å². The van der Waals surface area contributed by atoms with E-state index in [-0.39, 0.29) is 17.4 Å². The Labute approximate surface area is 133 Å². The van der Waals surface area contributed by atoms with Crippen LogP contribution in [0.15, 0.2) is 17.6 Å². The van der Waals surface area contributed by atoms with Crippen LogP contribution in [0.3, 0.4) is 0 Å². The number of nitrogens with one attached hydrogen (secondary N) is 1. The first-order chi connectivity index (χ1) is 9.57. The summed E-state index contributed by atoms with van der Waals surface area (Å²) >= 11 is 0. The first-order valence-corrected chi connectivity index (χ1v) is 8.74. The smallest absolute Gasteiger partial charge is 0.262 e. The van der Waals surface area contributed by atoms with Gasteiger partial charge in [0.25, 0.3) is 10.0 Å². The molecule has 6 nitrogen and oxygen atoms in total. The van der Waals surface area contributed by atoms with E-state index in [0.29, 0.717) is 19.0 Å². The molecule has 0 saturated carbocycles. The van der Waals surface area contributed by atoms with Crippen molar-refractivity contribution >= 4 is 22.4 Å². The van der Waals surface area contributed by atoms with E-state index >= 15 is 0 Å². The maximum absolute atomic E-state index is 12.5. The van der Waals surface area contributed by atoms with Crippen LogP contribution in [0.1, 0.15) is 26.7 Å². The van der Waals surface area contributed by atoms with E-state index in [9.17, 15) is 8.42 Å². The van der Waals surface area contributed by atoms with Gasteiger partial charge in [0.2, 0.25) is 0 Å². The highest BCUT2D eigenvalue weighted by Crippen LogP contribution is 2.22. The Bertz CT molecular complexity index is 524. The number of halogens is 1. The molecule has 0 spiro atoms. The molecule has 1 aliphatic rings. The van der Waals surface area contributed by atoms with Crippen LogP contribution in [0.25, 0.3) is 0 Å². The maximum atomic E-state index is 12.5. The SMILES string of the molecule is CCNCC1CCN(S(=O)(=O)c2cn(CC)cn2)CC1.Cl. The summed E-state index contributed by atoms with van der Waals surface area (Å²) in [6.45, 7) is 7.91. The molecule has 1 fully saturated rings. The monoisotopic (exact) mass is 336 g/mol. The Morgan fingerprint density at radius 1 is 1.33 bits per heavy atom. The van der Waals surface area contributed by atoms with Crippen LogP contribution in [0.4, 0.5) is 0 Å². The number of nitrogens with zero attached hydrogens (tertiary/aromatic N) is 3. The number of sulfonamides is 1. The molecule has 0 radical (unpaired) electrons. The molecule has 0 amide bonds. The fourth-order valence-corrected chi connectivity index (χ4v) is 3.89. The molecule has 1 aromatic rings. The van der Waals surface area contributed by atoms with Crippen LogP contribution in [-0.4, -0.2) is 48.5 Å². The molecule has 1 saturated heterocycles. The van der Waals surface area contributed by atoms with Crippen molar-refractivity contribution in [3.05, 3.63) is 12.5 Å². The van der Waals surface area contributed by atoms with E-state index in [0.717, 1.165) is 32.5 Å². The van der Waals surface area contributed by atoms with Gasteiger partial charge in [-0.25, -0.2) is 13.4 Å². The minimum Gasteiger partial charge on any atom is -0.336 e. The molecule has 0 aliphatic carbocycles. The summed E-state index contributed by atoms with van der Waals surface area (Å²) in [5.74, 6) is 0.578. The molecule has 2 heterocycles. The molecule has 8 heteroatoms. The third-order valence-corrected chi connectivity index (χ3v) is 5.62. The summed E-state index contributed by atoms with van der Waals surface area (Å²) in [5, 5.41) is 3.50. The van der Waals surface area contributed by atoms with Gasteiger partial charge in [0.1, 0.15) is 0 Å². The van der Waals surface area contributed by atoms with Gasteiger partial charge in [-0.2, -0.15) is 4.31 Å². The lowest BCUT2D eigenvalue weighted by atomic mass is 9.98. The van der Waals surface area contributed by atoms with Crippen molar-refractivity contribution in [1.82, 2.24) is 19.2 Å². The Hall–Kier alpha value is -0.630. The molecule has 1 aliphatic heterocycles. The maximum Gasteiger partial charge on any atom is 0.262 e. The molecule has 0 atom stereocenters. The van der Waals surface area contributed by atoms with Gasteiger partial charge in [0.05, 0.1) is 6.33 Å². The normalized spacial score (nSPS) is 17.6. The standard InChI is InChI=1S/C13H24N4O2S.ClH/c1-3-14-9-12-5-7-17(8-6-12)20(18,19)13-10-16(4-2)11-15-13;/h10-12,14H,3-9H2,1-2H3;1H. The third kappa shape index (κ3) is 4.42.